The summed E-state index contributed by atoms with van der Waals surface area (Å²) in [6.07, 6.45) is -13.9. The average molecular weight is 404 g/mol. The number of hydrogen-bond acceptors (Lipinski definition) is 6. The lowest BCUT2D eigenvalue weighted by molar-refractivity contribution is -0.159. The minimum Gasteiger partial charge on any atom is -0.265 e. The molecule has 0 saturated heterocycles. The molecule has 0 aliphatic rings. The van der Waals surface area contributed by atoms with Crippen molar-refractivity contribution in [3.8, 4) is 0 Å². The largest absolute Gasteiger partial charge is 0.436 e. The lowest BCUT2D eigenvalue weighted by atomic mass is 10.5. The zero-order valence-corrected chi connectivity index (χ0v) is 12.4. The topological polar surface area (TPSA) is 86.7 Å². The first kappa shape index (κ1) is 22.3. The van der Waals surface area contributed by atoms with Gasteiger partial charge in [-0.3, -0.25) is 8.37 Å². The predicted molar refractivity (Wildman–Crippen MR) is 56.2 cm³/mol. The van der Waals surface area contributed by atoms with Gasteiger partial charge in [0.05, 0.1) is 12.7 Å². The molecule has 0 aromatic heterocycles. The molecular weight excluding hydrogens is 396 g/mol. The van der Waals surface area contributed by atoms with Crippen molar-refractivity contribution >= 4 is 20.2 Å². The number of hydrogen-bond donors (Lipinski definition) is 0. The van der Waals surface area contributed by atoms with Crippen molar-refractivity contribution in [2.75, 3.05) is 6.61 Å². The maximum atomic E-state index is 12.6. The van der Waals surface area contributed by atoms with Gasteiger partial charge in [-0.25, -0.2) is 8.78 Å². The second kappa shape index (κ2) is 7.02. The monoisotopic (exact) mass is 404 g/mol. The Morgan fingerprint density at radius 2 is 1.17 bits per heavy atom. The Morgan fingerprint density at radius 3 is 1.52 bits per heavy atom. The molecule has 6 nitrogen and oxygen atoms in total. The molecule has 0 radical (unpaired) electrons. The first-order chi connectivity index (χ1) is 9.91. The summed E-state index contributed by atoms with van der Waals surface area (Å²) in [5, 5.41) is 0. The van der Waals surface area contributed by atoms with Gasteiger partial charge in [-0.2, -0.15) is 43.2 Å². The van der Waals surface area contributed by atoms with E-state index >= 15 is 0 Å². The Kier molecular flexibility index (Phi) is 6.79. The summed E-state index contributed by atoms with van der Waals surface area (Å²) in [5.74, 6) is 0. The van der Waals surface area contributed by atoms with E-state index in [-0.39, 0.29) is 0 Å². The van der Waals surface area contributed by atoms with E-state index in [1.165, 1.54) is 0 Å². The molecule has 3 unspecified atom stereocenters. The van der Waals surface area contributed by atoms with Crippen molar-refractivity contribution in [3.05, 3.63) is 0 Å². The molecule has 0 aromatic carbocycles. The van der Waals surface area contributed by atoms with Crippen molar-refractivity contribution in [1.29, 1.82) is 0 Å². The number of rotatable bonds is 7. The fourth-order valence-corrected chi connectivity index (χ4v) is 2.65. The fourth-order valence-electron chi connectivity index (χ4n) is 0.883. The lowest BCUT2D eigenvalue weighted by Gasteiger charge is -2.18. The highest BCUT2D eigenvalue weighted by atomic mass is 32.2. The second-order valence-corrected chi connectivity index (χ2v) is 7.12. The standard InChI is InChI=1S/C7H8F8O6S2/c1-3(21-23(18,19)5(9)7(13,14)15)2-20-22(16,17)4(8)6(10,11)12/h3-5H,2H2,1H3. The average Bonchev–Trinajstić information content (AvgIpc) is 2.32. The summed E-state index contributed by atoms with van der Waals surface area (Å²) in [4.78, 5) is 0. The molecule has 0 spiro atoms. The van der Waals surface area contributed by atoms with Crippen LogP contribution < -0.4 is 0 Å². The molecule has 0 amide bonds. The molecule has 3 atom stereocenters. The van der Waals surface area contributed by atoms with Crippen LogP contribution in [0.2, 0.25) is 0 Å². The fraction of sp³-hybridized carbons (Fsp3) is 1.00. The third-order valence-electron chi connectivity index (χ3n) is 1.79. The van der Waals surface area contributed by atoms with E-state index in [1.54, 1.807) is 0 Å². The highest BCUT2D eigenvalue weighted by molar-refractivity contribution is 7.87. The van der Waals surface area contributed by atoms with Crippen LogP contribution in [0.4, 0.5) is 35.1 Å². The lowest BCUT2D eigenvalue weighted by Crippen LogP contribution is -2.38. The van der Waals surface area contributed by atoms with Crippen molar-refractivity contribution in [2.24, 2.45) is 0 Å². The van der Waals surface area contributed by atoms with Crippen LogP contribution in [0.25, 0.3) is 0 Å². The quantitative estimate of drug-likeness (QED) is 0.475. The molecule has 0 aromatic rings. The van der Waals surface area contributed by atoms with Gasteiger partial charge in [0.2, 0.25) is 0 Å². The summed E-state index contributed by atoms with van der Waals surface area (Å²) < 4.78 is 147. The van der Waals surface area contributed by atoms with Crippen molar-refractivity contribution < 1.29 is 60.3 Å². The van der Waals surface area contributed by atoms with Gasteiger partial charge in [-0.15, -0.1) is 0 Å². The van der Waals surface area contributed by atoms with Crippen LogP contribution in [0, 0.1) is 0 Å². The van der Waals surface area contributed by atoms with Gasteiger partial charge in [-0.1, -0.05) is 0 Å². The van der Waals surface area contributed by atoms with E-state index in [0.717, 1.165) is 0 Å². The summed E-state index contributed by atoms with van der Waals surface area (Å²) in [6.45, 7) is -1.07. The molecule has 140 valence electrons. The van der Waals surface area contributed by atoms with E-state index in [9.17, 15) is 52.0 Å². The number of halogens is 8. The van der Waals surface area contributed by atoms with Crippen molar-refractivity contribution in [1.82, 2.24) is 0 Å². The highest BCUT2D eigenvalue weighted by Crippen LogP contribution is 2.30. The minimum atomic E-state index is -5.92. The summed E-state index contributed by atoms with van der Waals surface area (Å²) in [7, 11) is -11.8. The van der Waals surface area contributed by atoms with Crippen molar-refractivity contribution in [2.45, 2.75) is 36.4 Å². The first-order valence-corrected chi connectivity index (χ1v) is 8.07. The van der Waals surface area contributed by atoms with Gasteiger partial charge in [-0.05, 0) is 6.92 Å². The molecule has 0 fully saturated rings. The molecule has 0 saturated carbocycles. The van der Waals surface area contributed by atoms with E-state index in [4.69, 9.17) is 0 Å². The van der Waals surface area contributed by atoms with Crippen LogP contribution in [0.1, 0.15) is 6.92 Å². The maximum Gasteiger partial charge on any atom is 0.436 e. The Morgan fingerprint density at radius 1 is 0.826 bits per heavy atom. The zero-order valence-electron chi connectivity index (χ0n) is 10.7. The Hall–Kier alpha value is -0.740. The number of alkyl halides is 8. The van der Waals surface area contributed by atoms with Gasteiger partial charge in [0.1, 0.15) is 0 Å². The summed E-state index contributed by atoms with van der Waals surface area (Å²) in [6, 6.07) is 0. The second-order valence-electron chi connectivity index (χ2n) is 3.89. The molecule has 0 aliphatic carbocycles. The SMILES string of the molecule is CC(COS(=O)(=O)C(F)C(F)(F)F)OS(=O)(=O)C(F)C(F)(F)F. The minimum absolute atomic E-state index is 0.539. The summed E-state index contributed by atoms with van der Waals surface area (Å²) in [5.41, 5.74) is -8.94. The molecule has 16 heteroatoms. The van der Waals surface area contributed by atoms with Crippen LogP contribution in [0.3, 0.4) is 0 Å². The first-order valence-electron chi connectivity index (χ1n) is 5.13. The Bertz CT molecular complexity index is 593. The smallest absolute Gasteiger partial charge is 0.265 e. The molecule has 0 aliphatic heterocycles. The van der Waals surface area contributed by atoms with E-state index in [2.05, 4.69) is 8.37 Å². The van der Waals surface area contributed by atoms with Crippen LogP contribution in [-0.4, -0.2) is 52.9 Å². The van der Waals surface area contributed by atoms with E-state index in [1.807, 2.05) is 0 Å². The normalized spacial score (nSPS) is 18.5. The van der Waals surface area contributed by atoms with Crippen LogP contribution in [-0.2, 0) is 28.6 Å². The Balaban J connectivity index is 4.85. The molecule has 0 bridgehead atoms. The third-order valence-corrected chi connectivity index (χ3v) is 4.40. The molecule has 0 heterocycles. The van der Waals surface area contributed by atoms with Gasteiger partial charge < -0.3 is 0 Å². The molecular formula is C7H8F8O6S2. The Labute approximate surface area is 124 Å². The third kappa shape index (κ3) is 6.72. The van der Waals surface area contributed by atoms with Gasteiger partial charge in [0.25, 0.3) is 0 Å². The van der Waals surface area contributed by atoms with Gasteiger partial charge >= 0.3 is 43.6 Å². The molecule has 0 N–H and O–H groups in total. The highest BCUT2D eigenvalue weighted by Gasteiger charge is 2.52. The van der Waals surface area contributed by atoms with Crippen LogP contribution in [0.5, 0.6) is 0 Å². The molecule has 0 rings (SSSR count). The maximum absolute atomic E-state index is 12.6. The van der Waals surface area contributed by atoms with Crippen LogP contribution in [0.15, 0.2) is 0 Å². The van der Waals surface area contributed by atoms with Gasteiger partial charge in [0, 0.05) is 0 Å². The molecule has 23 heavy (non-hydrogen) atoms. The predicted octanol–water partition coefficient (Wildman–Crippen LogP) is 1.78. The van der Waals surface area contributed by atoms with Crippen LogP contribution >= 0.6 is 0 Å². The van der Waals surface area contributed by atoms with E-state index < -0.39 is 56.3 Å². The zero-order chi connectivity index (χ0) is 18.9. The van der Waals surface area contributed by atoms with Crippen molar-refractivity contribution in [3.63, 3.8) is 0 Å². The van der Waals surface area contributed by atoms with Gasteiger partial charge in [0.15, 0.2) is 0 Å². The van der Waals surface area contributed by atoms with E-state index in [0.29, 0.717) is 6.92 Å². The summed E-state index contributed by atoms with van der Waals surface area (Å²) >= 11 is 0.